The Hall–Kier alpha value is -4.25. The Morgan fingerprint density at radius 1 is 0.909 bits per heavy atom. The molecule has 10 nitrogen and oxygen atoms in total. The van der Waals surface area contributed by atoms with Crippen molar-refractivity contribution in [3.05, 3.63) is 72.2 Å². The third-order valence-corrected chi connectivity index (χ3v) is 8.67. The molecule has 0 saturated heterocycles. The number of hydrogen-bond donors (Lipinski definition) is 3. The second-order valence-corrected chi connectivity index (χ2v) is 12.5. The van der Waals surface area contributed by atoms with Crippen molar-refractivity contribution in [1.82, 2.24) is 24.6 Å². The van der Waals surface area contributed by atoms with E-state index in [9.17, 15) is 18.0 Å². The first kappa shape index (κ1) is 32.7. The van der Waals surface area contributed by atoms with E-state index in [1.807, 2.05) is 37.3 Å². The Kier molecular flexibility index (Phi) is 11.5. The minimum absolute atomic E-state index is 0.0286. The van der Waals surface area contributed by atoms with Crippen molar-refractivity contribution >= 4 is 38.8 Å². The van der Waals surface area contributed by atoms with Crippen molar-refractivity contribution in [1.29, 1.82) is 0 Å². The smallest absolute Gasteiger partial charge is 0.328 e. The van der Waals surface area contributed by atoms with Crippen molar-refractivity contribution in [3.8, 4) is 11.1 Å². The molecule has 0 aliphatic carbocycles. The summed E-state index contributed by atoms with van der Waals surface area (Å²) in [6, 6.07) is 15.4. The fourth-order valence-corrected chi connectivity index (χ4v) is 6.04. The topological polar surface area (TPSA) is 135 Å². The summed E-state index contributed by atoms with van der Waals surface area (Å²) in [5.74, 6) is 0.895. The lowest BCUT2D eigenvalue weighted by molar-refractivity contribution is -0.116. The van der Waals surface area contributed by atoms with Gasteiger partial charge in [-0.05, 0) is 42.5 Å². The van der Waals surface area contributed by atoms with E-state index >= 15 is 0 Å². The van der Waals surface area contributed by atoms with E-state index in [0.29, 0.717) is 36.3 Å². The number of anilines is 1. The minimum Gasteiger partial charge on any atom is -0.337 e. The molecule has 0 saturated carbocycles. The van der Waals surface area contributed by atoms with E-state index in [2.05, 4.69) is 38.8 Å². The Morgan fingerprint density at radius 3 is 2.36 bits per heavy atom. The van der Waals surface area contributed by atoms with Crippen LogP contribution < -0.4 is 15.4 Å². The number of sulfonamides is 1. The lowest BCUT2D eigenvalue weighted by atomic mass is 10.0. The molecule has 0 unspecified atom stereocenters. The maximum absolute atomic E-state index is 13.1. The molecule has 0 spiro atoms. The largest absolute Gasteiger partial charge is 0.337 e. The number of carbonyl (C=O) groups excluding carboxylic acids is 2. The molecule has 3 amide bonds. The molecule has 2 aromatic heterocycles. The van der Waals surface area contributed by atoms with Crippen LogP contribution in [0.25, 0.3) is 22.3 Å². The number of rotatable bonds is 15. The number of pyridine rings is 1. The summed E-state index contributed by atoms with van der Waals surface area (Å²) in [7, 11) is -4.09. The summed E-state index contributed by atoms with van der Waals surface area (Å²) in [6.07, 6.45) is 8.41. The normalized spacial score (nSPS) is 11.4. The van der Waals surface area contributed by atoms with E-state index in [1.165, 1.54) is 6.07 Å². The zero-order chi connectivity index (χ0) is 31.5. The Balaban J connectivity index is 1.57. The van der Waals surface area contributed by atoms with Crippen LogP contribution in [0.15, 0.2) is 65.7 Å². The molecule has 0 aliphatic heterocycles. The van der Waals surface area contributed by atoms with Gasteiger partial charge in [-0.2, -0.15) is 0 Å². The Bertz CT molecular complexity index is 1680. The monoisotopic (exact) mass is 618 g/mol. The average Bonchev–Trinajstić information content (AvgIpc) is 3.35. The van der Waals surface area contributed by atoms with Crippen LogP contribution in [0.2, 0.25) is 0 Å². The third kappa shape index (κ3) is 8.43. The summed E-state index contributed by atoms with van der Waals surface area (Å²) in [5, 5.41) is 5.51. The zero-order valence-electron chi connectivity index (χ0n) is 25.7. The number of aromatic nitrogens is 3. The SMILES string of the molecule is CCCCNC(=O)NS(=O)(=O)c1ccccc1-c1ccc(Cn2c(CCCC)nc3cc(NC(=O)CCCC)cnc32)cc1. The lowest BCUT2D eigenvalue weighted by Gasteiger charge is -2.13. The first-order chi connectivity index (χ1) is 21.2. The van der Waals surface area contributed by atoms with Crippen molar-refractivity contribution in [2.24, 2.45) is 0 Å². The van der Waals surface area contributed by atoms with E-state index in [-0.39, 0.29) is 10.8 Å². The number of carbonyl (C=O) groups is 2. The van der Waals surface area contributed by atoms with Gasteiger partial charge in [0.2, 0.25) is 5.91 Å². The summed E-state index contributed by atoms with van der Waals surface area (Å²) in [5.41, 5.74) is 4.32. The molecule has 0 atom stereocenters. The van der Waals surface area contributed by atoms with Gasteiger partial charge in [-0.25, -0.2) is 27.9 Å². The molecule has 0 radical (unpaired) electrons. The highest BCUT2D eigenvalue weighted by molar-refractivity contribution is 7.90. The van der Waals surface area contributed by atoms with Crippen LogP contribution in [0, 0.1) is 0 Å². The van der Waals surface area contributed by atoms with Gasteiger partial charge in [-0.3, -0.25) is 4.79 Å². The van der Waals surface area contributed by atoms with Crippen LogP contribution in [0.4, 0.5) is 10.5 Å². The summed E-state index contributed by atoms with van der Waals surface area (Å²) in [4.78, 5) is 34.0. The number of nitrogens with zero attached hydrogens (tertiary/aromatic N) is 3. The molecule has 2 heterocycles. The van der Waals surface area contributed by atoms with E-state index in [4.69, 9.17) is 4.98 Å². The van der Waals surface area contributed by atoms with Gasteiger partial charge in [0.05, 0.1) is 23.3 Å². The van der Waals surface area contributed by atoms with Gasteiger partial charge < -0.3 is 15.2 Å². The van der Waals surface area contributed by atoms with Gasteiger partial charge >= 0.3 is 6.03 Å². The van der Waals surface area contributed by atoms with Crippen LogP contribution in [-0.2, 0) is 27.8 Å². The quantitative estimate of drug-likeness (QED) is 0.132. The highest BCUT2D eigenvalue weighted by Crippen LogP contribution is 2.28. The molecular weight excluding hydrogens is 576 g/mol. The van der Waals surface area contributed by atoms with Gasteiger partial charge in [-0.15, -0.1) is 0 Å². The number of aryl methyl sites for hydroxylation is 1. The number of nitrogens with one attached hydrogen (secondary N) is 3. The first-order valence-electron chi connectivity index (χ1n) is 15.4. The fraction of sp³-hybridized carbons (Fsp3) is 0.394. The van der Waals surface area contributed by atoms with Crippen molar-refractivity contribution in [3.63, 3.8) is 0 Å². The second-order valence-electron chi connectivity index (χ2n) is 10.8. The van der Waals surface area contributed by atoms with E-state index in [1.54, 1.807) is 24.4 Å². The van der Waals surface area contributed by atoms with Gasteiger partial charge in [0, 0.05) is 24.9 Å². The number of hydrogen-bond acceptors (Lipinski definition) is 6. The number of unbranched alkanes of at least 4 members (excludes halogenated alkanes) is 3. The van der Waals surface area contributed by atoms with Crippen LogP contribution in [0.3, 0.4) is 0 Å². The van der Waals surface area contributed by atoms with Crippen LogP contribution in [0.5, 0.6) is 0 Å². The summed E-state index contributed by atoms with van der Waals surface area (Å²) < 4.78 is 30.5. The Labute approximate surface area is 259 Å². The van der Waals surface area contributed by atoms with Crippen molar-refractivity contribution < 1.29 is 18.0 Å². The molecule has 234 valence electrons. The maximum Gasteiger partial charge on any atom is 0.328 e. The Morgan fingerprint density at radius 2 is 1.64 bits per heavy atom. The van der Waals surface area contributed by atoms with Crippen molar-refractivity contribution in [2.45, 2.75) is 83.6 Å². The summed E-state index contributed by atoms with van der Waals surface area (Å²) in [6.45, 7) is 7.12. The van der Waals surface area contributed by atoms with Crippen LogP contribution in [0.1, 0.15) is 77.1 Å². The number of fused-ring (bicyclic) bond motifs is 1. The van der Waals surface area contributed by atoms with Crippen LogP contribution in [-0.4, -0.2) is 41.4 Å². The zero-order valence-corrected chi connectivity index (χ0v) is 26.5. The molecule has 11 heteroatoms. The van der Waals surface area contributed by atoms with Crippen LogP contribution >= 0.6 is 0 Å². The minimum atomic E-state index is -4.09. The molecule has 2 aromatic carbocycles. The highest BCUT2D eigenvalue weighted by Gasteiger charge is 2.22. The molecule has 0 bridgehead atoms. The van der Waals surface area contributed by atoms with Gasteiger partial charge in [-0.1, -0.05) is 82.5 Å². The molecule has 4 rings (SSSR count). The molecular formula is C33H42N6O4S. The summed E-state index contributed by atoms with van der Waals surface area (Å²) >= 11 is 0. The number of amides is 3. The highest BCUT2D eigenvalue weighted by atomic mass is 32.2. The molecule has 0 aliphatic rings. The number of benzene rings is 2. The number of urea groups is 1. The predicted molar refractivity (Wildman–Crippen MR) is 174 cm³/mol. The second kappa shape index (κ2) is 15.5. The number of imidazole rings is 1. The predicted octanol–water partition coefficient (Wildman–Crippen LogP) is 6.41. The molecule has 44 heavy (non-hydrogen) atoms. The molecule has 4 aromatic rings. The van der Waals surface area contributed by atoms with Gasteiger partial charge in [0.15, 0.2) is 5.65 Å². The van der Waals surface area contributed by atoms with Crippen molar-refractivity contribution in [2.75, 3.05) is 11.9 Å². The van der Waals surface area contributed by atoms with E-state index in [0.717, 1.165) is 67.5 Å². The van der Waals surface area contributed by atoms with Gasteiger partial charge in [0.25, 0.3) is 10.0 Å². The third-order valence-electron chi connectivity index (χ3n) is 7.28. The first-order valence-corrected chi connectivity index (χ1v) is 16.9. The molecule has 0 fully saturated rings. The fourth-order valence-electron chi connectivity index (χ4n) is 4.88. The van der Waals surface area contributed by atoms with Gasteiger partial charge in [0.1, 0.15) is 11.3 Å². The lowest BCUT2D eigenvalue weighted by Crippen LogP contribution is -2.39. The van der Waals surface area contributed by atoms with E-state index < -0.39 is 16.1 Å². The molecule has 3 N–H and O–H groups in total. The standard InChI is InChI=1S/C33H42N6O4S/c1-4-7-14-30-37-28-21-26(36-31(40)15-8-5-2)22-35-32(28)39(30)23-24-16-18-25(19-17-24)27-12-10-11-13-29(27)44(42,43)38-33(41)34-20-9-6-3/h10-13,16-19,21-22H,4-9,14-15,20,23H2,1-3H3,(H,36,40)(H2,34,38,41). The maximum atomic E-state index is 13.1. The average molecular weight is 619 g/mol.